The molecule has 0 aliphatic heterocycles. The van der Waals surface area contributed by atoms with Crippen molar-refractivity contribution in [3.05, 3.63) is 35.4 Å². The van der Waals surface area contributed by atoms with Crippen LogP contribution in [0.15, 0.2) is 29.8 Å². The van der Waals surface area contributed by atoms with E-state index in [1.54, 1.807) is 12.1 Å². The maximum atomic E-state index is 12.3. The molecule has 0 unspecified atom stereocenters. The molecule has 1 amide bonds. The van der Waals surface area contributed by atoms with E-state index >= 15 is 0 Å². The van der Waals surface area contributed by atoms with Crippen molar-refractivity contribution in [2.75, 3.05) is 30.8 Å². The molecular formula is C19H28N2O4S. The van der Waals surface area contributed by atoms with Gasteiger partial charge in [0.15, 0.2) is 0 Å². The van der Waals surface area contributed by atoms with Gasteiger partial charge in [-0.1, -0.05) is 17.7 Å². The summed E-state index contributed by atoms with van der Waals surface area (Å²) in [5.74, 6) is 0.0941. The summed E-state index contributed by atoms with van der Waals surface area (Å²) in [5, 5.41) is 2.83. The molecule has 0 heterocycles. The Hall–Kier alpha value is -2.02. The summed E-state index contributed by atoms with van der Waals surface area (Å²) in [5.41, 5.74) is 2.64. The SMILES string of the molecule is COc1ccc(C)cc1N(CC(=O)NCCC1=CCCCC1)S(C)(=O)=O. The van der Waals surface area contributed by atoms with Crippen LogP contribution in [0.3, 0.4) is 0 Å². The lowest BCUT2D eigenvalue weighted by Gasteiger charge is -2.24. The van der Waals surface area contributed by atoms with Crippen LogP contribution in [0.2, 0.25) is 0 Å². The number of hydrogen-bond donors (Lipinski definition) is 1. The third kappa shape index (κ3) is 5.76. The first-order valence-corrected chi connectivity index (χ1v) is 10.7. The molecule has 26 heavy (non-hydrogen) atoms. The van der Waals surface area contributed by atoms with Crippen LogP contribution < -0.4 is 14.4 Å². The number of ether oxygens (including phenoxy) is 1. The molecule has 0 radical (unpaired) electrons. The zero-order chi connectivity index (χ0) is 19.2. The number of hydrogen-bond acceptors (Lipinski definition) is 4. The Labute approximate surface area is 156 Å². The molecule has 6 nitrogen and oxygen atoms in total. The highest BCUT2D eigenvalue weighted by atomic mass is 32.2. The van der Waals surface area contributed by atoms with Crippen LogP contribution in [0.4, 0.5) is 5.69 Å². The van der Waals surface area contributed by atoms with Crippen LogP contribution in [0, 0.1) is 6.92 Å². The minimum Gasteiger partial charge on any atom is -0.495 e. The van der Waals surface area contributed by atoms with Gasteiger partial charge in [0.2, 0.25) is 15.9 Å². The third-order valence-corrected chi connectivity index (χ3v) is 5.57. The molecule has 0 spiro atoms. The Morgan fingerprint density at radius 2 is 2.08 bits per heavy atom. The zero-order valence-electron chi connectivity index (χ0n) is 15.7. The second kappa shape index (κ2) is 9.07. The Morgan fingerprint density at radius 3 is 2.69 bits per heavy atom. The van der Waals surface area contributed by atoms with E-state index in [4.69, 9.17) is 4.74 Å². The van der Waals surface area contributed by atoms with Gasteiger partial charge >= 0.3 is 0 Å². The quantitative estimate of drug-likeness (QED) is 0.704. The van der Waals surface area contributed by atoms with Gasteiger partial charge in [0.1, 0.15) is 12.3 Å². The number of anilines is 1. The third-order valence-electron chi connectivity index (χ3n) is 4.44. The fraction of sp³-hybridized carbons (Fsp3) is 0.526. The Balaban J connectivity index is 2.05. The molecule has 1 aliphatic carbocycles. The van der Waals surface area contributed by atoms with E-state index in [1.165, 1.54) is 25.5 Å². The molecule has 0 bridgehead atoms. The molecular weight excluding hydrogens is 352 g/mol. The van der Waals surface area contributed by atoms with Crippen molar-refractivity contribution in [2.24, 2.45) is 0 Å². The number of sulfonamides is 1. The first-order valence-electron chi connectivity index (χ1n) is 8.88. The van der Waals surface area contributed by atoms with Crippen molar-refractivity contribution < 1.29 is 17.9 Å². The molecule has 0 atom stereocenters. The molecule has 1 aromatic carbocycles. The van der Waals surface area contributed by atoms with Crippen LogP contribution in [0.5, 0.6) is 5.75 Å². The average Bonchev–Trinajstić information content (AvgIpc) is 2.59. The first kappa shape index (κ1) is 20.3. The summed E-state index contributed by atoms with van der Waals surface area (Å²) >= 11 is 0. The number of methoxy groups -OCH3 is 1. The summed E-state index contributed by atoms with van der Waals surface area (Å²) < 4.78 is 30.9. The molecule has 7 heteroatoms. The normalized spacial score (nSPS) is 14.5. The van der Waals surface area contributed by atoms with E-state index in [0.29, 0.717) is 18.0 Å². The van der Waals surface area contributed by atoms with Gasteiger partial charge in [-0.15, -0.1) is 0 Å². The van der Waals surface area contributed by atoms with Gasteiger partial charge in [-0.05, 0) is 56.7 Å². The Bertz CT molecular complexity index is 772. The van der Waals surface area contributed by atoms with Gasteiger partial charge in [-0.25, -0.2) is 8.42 Å². The number of nitrogens with one attached hydrogen (secondary N) is 1. The van der Waals surface area contributed by atoms with Gasteiger partial charge < -0.3 is 10.1 Å². The Kier molecular flexibility index (Phi) is 7.08. The number of nitrogens with zero attached hydrogens (tertiary/aromatic N) is 1. The fourth-order valence-electron chi connectivity index (χ4n) is 3.06. The number of benzene rings is 1. The highest BCUT2D eigenvalue weighted by Gasteiger charge is 2.24. The molecule has 0 saturated carbocycles. The molecule has 1 aliphatic rings. The van der Waals surface area contributed by atoms with E-state index in [-0.39, 0.29) is 12.5 Å². The minimum absolute atomic E-state index is 0.266. The van der Waals surface area contributed by atoms with E-state index in [9.17, 15) is 13.2 Å². The van der Waals surface area contributed by atoms with E-state index < -0.39 is 10.0 Å². The first-order chi connectivity index (χ1) is 12.3. The van der Waals surface area contributed by atoms with E-state index in [2.05, 4.69) is 11.4 Å². The number of aryl methyl sites for hydroxylation is 1. The zero-order valence-corrected chi connectivity index (χ0v) is 16.6. The number of carbonyl (C=O) groups excluding carboxylic acids is 1. The molecule has 0 fully saturated rings. The summed E-state index contributed by atoms with van der Waals surface area (Å²) in [4.78, 5) is 12.3. The average molecular weight is 381 g/mol. The monoisotopic (exact) mass is 380 g/mol. The maximum Gasteiger partial charge on any atom is 0.240 e. The van der Waals surface area contributed by atoms with Crippen molar-refractivity contribution in [3.63, 3.8) is 0 Å². The standard InChI is InChI=1S/C19H28N2O4S/c1-15-9-10-18(25-2)17(13-15)21(26(3,23)24)14-19(22)20-12-11-16-7-5-4-6-8-16/h7,9-10,13H,4-6,8,11-12,14H2,1-3H3,(H,20,22). The predicted octanol–water partition coefficient (Wildman–Crippen LogP) is 2.78. The lowest BCUT2D eigenvalue weighted by molar-refractivity contribution is -0.119. The highest BCUT2D eigenvalue weighted by molar-refractivity contribution is 7.92. The summed E-state index contributed by atoms with van der Waals surface area (Å²) in [6, 6.07) is 5.25. The summed E-state index contributed by atoms with van der Waals surface area (Å²) in [6.07, 6.45) is 8.79. The second-order valence-electron chi connectivity index (χ2n) is 6.65. The van der Waals surface area contributed by atoms with Crippen LogP contribution in [0.25, 0.3) is 0 Å². The van der Waals surface area contributed by atoms with Crippen LogP contribution in [-0.4, -0.2) is 40.8 Å². The topological polar surface area (TPSA) is 75.7 Å². The summed E-state index contributed by atoms with van der Waals surface area (Å²) in [6.45, 7) is 2.12. The van der Waals surface area contributed by atoms with Gasteiger partial charge in [0.25, 0.3) is 0 Å². The predicted molar refractivity (Wildman–Crippen MR) is 104 cm³/mol. The van der Waals surface area contributed by atoms with Gasteiger partial charge in [-0.3, -0.25) is 9.10 Å². The van der Waals surface area contributed by atoms with Gasteiger partial charge in [-0.2, -0.15) is 0 Å². The lowest BCUT2D eigenvalue weighted by atomic mass is 9.97. The van der Waals surface area contributed by atoms with Gasteiger partial charge in [0.05, 0.1) is 19.1 Å². The number of carbonyl (C=O) groups is 1. The van der Waals surface area contributed by atoms with Crippen molar-refractivity contribution >= 4 is 21.6 Å². The molecule has 1 N–H and O–H groups in total. The minimum atomic E-state index is -3.63. The summed E-state index contributed by atoms with van der Waals surface area (Å²) in [7, 11) is -2.15. The molecule has 0 saturated heterocycles. The number of allylic oxidation sites excluding steroid dienone is 1. The van der Waals surface area contributed by atoms with Gasteiger partial charge in [0, 0.05) is 6.54 Å². The van der Waals surface area contributed by atoms with E-state index in [1.807, 2.05) is 13.0 Å². The molecule has 0 aromatic heterocycles. The lowest BCUT2D eigenvalue weighted by Crippen LogP contribution is -2.40. The van der Waals surface area contributed by atoms with Crippen LogP contribution >= 0.6 is 0 Å². The molecule has 1 aromatic rings. The largest absolute Gasteiger partial charge is 0.495 e. The maximum absolute atomic E-state index is 12.3. The highest BCUT2D eigenvalue weighted by Crippen LogP contribution is 2.30. The van der Waals surface area contributed by atoms with Crippen molar-refractivity contribution in [3.8, 4) is 5.75 Å². The smallest absolute Gasteiger partial charge is 0.240 e. The molecule has 2 rings (SSSR count). The number of rotatable bonds is 8. The van der Waals surface area contributed by atoms with E-state index in [0.717, 1.165) is 35.4 Å². The Morgan fingerprint density at radius 1 is 1.31 bits per heavy atom. The second-order valence-corrected chi connectivity index (χ2v) is 8.56. The molecule has 144 valence electrons. The van der Waals surface area contributed by atoms with Crippen LogP contribution in [0.1, 0.15) is 37.7 Å². The van der Waals surface area contributed by atoms with Crippen molar-refractivity contribution in [1.82, 2.24) is 5.32 Å². The van der Waals surface area contributed by atoms with Crippen molar-refractivity contribution in [1.29, 1.82) is 0 Å². The fourth-order valence-corrected chi connectivity index (χ4v) is 3.91. The van der Waals surface area contributed by atoms with Crippen molar-refractivity contribution in [2.45, 2.75) is 39.0 Å². The number of amides is 1. The van der Waals surface area contributed by atoms with Crippen LogP contribution in [-0.2, 0) is 14.8 Å².